The second-order valence-corrected chi connectivity index (χ2v) is 6.26. The van der Waals surface area contributed by atoms with Gasteiger partial charge in [-0.15, -0.1) is 11.6 Å². The van der Waals surface area contributed by atoms with Crippen molar-refractivity contribution in [1.82, 2.24) is 0 Å². The summed E-state index contributed by atoms with van der Waals surface area (Å²) in [5, 5.41) is 0. The summed E-state index contributed by atoms with van der Waals surface area (Å²) in [4.78, 5) is -0.153. The van der Waals surface area contributed by atoms with Crippen LogP contribution in [0, 0.1) is 10.8 Å². The molecule has 0 amide bonds. The molecule has 0 saturated carbocycles. The highest BCUT2D eigenvalue weighted by atomic mass is 35.5. The highest BCUT2D eigenvalue weighted by molar-refractivity contribution is 6.24. The Labute approximate surface area is 76.3 Å². The van der Waals surface area contributed by atoms with Gasteiger partial charge in [-0.25, -0.2) is 0 Å². The molecule has 0 aliphatic heterocycles. The molecule has 0 fully saturated rings. The van der Waals surface area contributed by atoms with Gasteiger partial charge in [0.05, 0.1) is 4.87 Å². The minimum atomic E-state index is -0.153. The van der Waals surface area contributed by atoms with E-state index in [4.69, 9.17) is 11.6 Å². The average Bonchev–Trinajstić information content (AvgIpc) is 1.58. The summed E-state index contributed by atoms with van der Waals surface area (Å²) in [6, 6.07) is 0. The summed E-state index contributed by atoms with van der Waals surface area (Å²) in [6.07, 6.45) is 0. The van der Waals surface area contributed by atoms with Crippen LogP contribution in [0.2, 0.25) is 0 Å². The second kappa shape index (κ2) is 2.65. The van der Waals surface area contributed by atoms with Gasteiger partial charge in [0.15, 0.2) is 0 Å². The molecule has 0 bridgehead atoms. The van der Waals surface area contributed by atoms with Crippen molar-refractivity contribution in [3.05, 3.63) is 0 Å². The van der Waals surface area contributed by atoms with Gasteiger partial charge in [-0.2, -0.15) is 0 Å². The highest BCUT2D eigenvalue weighted by Gasteiger charge is 2.44. The van der Waals surface area contributed by atoms with E-state index in [1.807, 2.05) is 0 Å². The molecule has 0 aliphatic carbocycles. The molecule has 0 heterocycles. The molecule has 0 atom stereocenters. The van der Waals surface area contributed by atoms with Crippen molar-refractivity contribution in [2.24, 2.45) is 10.8 Å². The van der Waals surface area contributed by atoms with Gasteiger partial charge in [-0.1, -0.05) is 41.5 Å². The third-order valence-electron chi connectivity index (χ3n) is 2.82. The lowest BCUT2D eigenvalue weighted by Gasteiger charge is -2.46. The Kier molecular flexibility index (Phi) is 2.72. The number of rotatable bonds is 0. The summed E-state index contributed by atoms with van der Waals surface area (Å²) in [5.41, 5.74) is 0.291. The predicted molar refractivity (Wildman–Crippen MR) is 53.2 cm³/mol. The predicted octanol–water partition coefficient (Wildman–Crippen LogP) is 4.08. The zero-order chi connectivity index (χ0) is 9.50. The molecular weight excluding hydrogens is 156 g/mol. The van der Waals surface area contributed by atoms with Gasteiger partial charge in [0, 0.05) is 0 Å². The first-order valence-corrected chi connectivity index (χ1v) is 4.57. The molecule has 0 aromatic heterocycles. The maximum Gasteiger partial charge on any atom is 0.0515 e. The quantitative estimate of drug-likeness (QED) is 0.488. The van der Waals surface area contributed by atoms with Crippen molar-refractivity contribution in [3.8, 4) is 0 Å². The van der Waals surface area contributed by atoms with E-state index in [9.17, 15) is 0 Å². The molecule has 0 aliphatic rings. The Bertz CT molecular complexity index is 116. The average molecular weight is 177 g/mol. The number of hydrogen-bond acceptors (Lipinski definition) is 0. The van der Waals surface area contributed by atoms with Gasteiger partial charge in [0.25, 0.3) is 0 Å². The fourth-order valence-corrected chi connectivity index (χ4v) is 1.12. The third-order valence-corrected chi connectivity index (χ3v) is 3.95. The van der Waals surface area contributed by atoms with Crippen LogP contribution in [0.5, 0.6) is 0 Å². The first-order valence-electron chi connectivity index (χ1n) is 4.19. The van der Waals surface area contributed by atoms with Crippen LogP contribution in [-0.4, -0.2) is 4.87 Å². The van der Waals surface area contributed by atoms with Crippen molar-refractivity contribution in [3.63, 3.8) is 0 Å². The van der Waals surface area contributed by atoms with Crippen LogP contribution in [0.4, 0.5) is 0 Å². The summed E-state index contributed by atoms with van der Waals surface area (Å²) >= 11 is 6.49. The van der Waals surface area contributed by atoms with Crippen molar-refractivity contribution in [1.29, 1.82) is 0 Å². The van der Waals surface area contributed by atoms with Crippen molar-refractivity contribution in [2.75, 3.05) is 0 Å². The van der Waals surface area contributed by atoms with Gasteiger partial charge >= 0.3 is 0 Å². The van der Waals surface area contributed by atoms with E-state index in [2.05, 4.69) is 48.5 Å². The molecule has 0 unspecified atom stereocenters. The van der Waals surface area contributed by atoms with E-state index in [1.54, 1.807) is 0 Å². The highest BCUT2D eigenvalue weighted by Crippen LogP contribution is 2.48. The lowest BCUT2D eigenvalue weighted by atomic mass is 9.67. The summed E-state index contributed by atoms with van der Waals surface area (Å²) < 4.78 is 0. The van der Waals surface area contributed by atoms with E-state index in [1.165, 1.54) is 0 Å². The van der Waals surface area contributed by atoms with Gasteiger partial charge in [-0.3, -0.25) is 0 Å². The Balaban J connectivity index is 4.75. The van der Waals surface area contributed by atoms with Crippen molar-refractivity contribution < 1.29 is 0 Å². The van der Waals surface area contributed by atoms with Crippen LogP contribution >= 0.6 is 11.6 Å². The fourth-order valence-electron chi connectivity index (χ4n) is 1.12. The second-order valence-electron chi connectivity index (χ2n) is 5.50. The molecule has 0 radical (unpaired) electrons. The molecule has 1 heteroatoms. The van der Waals surface area contributed by atoms with Crippen LogP contribution < -0.4 is 0 Å². The molecule has 0 rings (SSSR count). The van der Waals surface area contributed by atoms with Crippen LogP contribution in [-0.2, 0) is 0 Å². The van der Waals surface area contributed by atoms with Crippen LogP contribution in [0.25, 0.3) is 0 Å². The van der Waals surface area contributed by atoms with E-state index >= 15 is 0 Å². The third kappa shape index (κ3) is 2.11. The fraction of sp³-hybridized carbons (Fsp3) is 1.00. The largest absolute Gasteiger partial charge is 0.118 e. The molecule has 0 aromatic rings. The Morgan fingerprint density at radius 3 is 0.818 bits per heavy atom. The van der Waals surface area contributed by atoms with Crippen LogP contribution in [0.3, 0.4) is 0 Å². The monoisotopic (exact) mass is 176 g/mol. The molecule has 0 aromatic carbocycles. The maximum atomic E-state index is 6.49. The maximum absolute atomic E-state index is 6.49. The normalized spacial score (nSPS) is 15.3. The summed E-state index contributed by atoms with van der Waals surface area (Å²) in [6.45, 7) is 15.2. The topological polar surface area (TPSA) is 0 Å². The van der Waals surface area contributed by atoms with Gasteiger partial charge in [0.2, 0.25) is 0 Å². The minimum Gasteiger partial charge on any atom is -0.118 e. The first kappa shape index (κ1) is 11.3. The molecule has 0 spiro atoms. The molecular formula is C10H21Cl. The Morgan fingerprint density at radius 2 is 0.818 bits per heavy atom. The van der Waals surface area contributed by atoms with Gasteiger partial charge < -0.3 is 0 Å². The summed E-state index contributed by atoms with van der Waals surface area (Å²) in [7, 11) is 0. The molecule has 68 valence electrons. The first-order chi connectivity index (χ1) is 4.50. The van der Waals surface area contributed by atoms with E-state index in [0.29, 0.717) is 0 Å². The van der Waals surface area contributed by atoms with E-state index in [-0.39, 0.29) is 15.7 Å². The van der Waals surface area contributed by atoms with Crippen molar-refractivity contribution >= 4 is 11.6 Å². The smallest absolute Gasteiger partial charge is 0.0515 e. The van der Waals surface area contributed by atoms with Crippen molar-refractivity contribution in [2.45, 2.75) is 53.3 Å². The lowest BCUT2D eigenvalue weighted by molar-refractivity contribution is 0.151. The van der Waals surface area contributed by atoms with Gasteiger partial charge in [-0.05, 0) is 17.8 Å². The SMILES string of the molecule is CC(C)(C)C(C)(Cl)C(C)(C)C. The zero-order valence-electron chi connectivity index (χ0n) is 8.88. The number of alkyl halides is 1. The molecule has 0 nitrogen and oxygen atoms in total. The number of hydrogen-bond donors (Lipinski definition) is 0. The molecule has 0 N–H and O–H groups in total. The lowest BCUT2D eigenvalue weighted by Crippen LogP contribution is -2.45. The van der Waals surface area contributed by atoms with Gasteiger partial charge in [0.1, 0.15) is 0 Å². The molecule has 11 heavy (non-hydrogen) atoms. The Morgan fingerprint density at radius 1 is 0.636 bits per heavy atom. The van der Waals surface area contributed by atoms with Crippen LogP contribution in [0.1, 0.15) is 48.5 Å². The molecule has 0 saturated heterocycles. The van der Waals surface area contributed by atoms with Crippen LogP contribution in [0.15, 0.2) is 0 Å². The Hall–Kier alpha value is 0.290. The zero-order valence-corrected chi connectivity index (χ0v) is 9.63. The van der Waals surface area contributed by atoms with E-state index < -0.39 is 0 Å². The van der Waals surface area contributed by atoms with E-state index in [0.717, 1.165) is 0 Å². The minimum absolute atomic E-state index is 0.146. The standard InChI is InChI=1S/C10H21Cl/c1-8(2,3)10(7,11)9(4,5)6/h1-7H3. The summed E-state index contributed by atoms with van der Waals surface area (Å²) in [5.74, 6) is 0. The number of halogens is 1.